The Hall–Kier alpha value is -2.34. The summed E-state index contributed by atoms with van der Waals surface area (Å²) in [5, 5.41) is 3.57. The highest BCUT2D eigenvalue weighted by Crippen LogP contribution is 2.14. The normalized spacial score (nSPS) is 10.3. The first-order valence-corrected chi connectivity index (χ1v) is 6.36. The number of hydrogen-bond donors (Lipinski definition) is 2. The minimum Gasteiger partial charge on any atom is -0.298 e. The monoisotopic (exact) mass is 272 g/mol. The van der Waals surface area contributed by atoms with Crippen molar-refractivity contribution in [1.29, 1.82) is 0 Å². The number of carbonyl (C=O) groups is 1. The van der Waals surface area contributed by atoms with E-state index in [1.165, 1.54) is 0 Å². The molecule has 0 saturated carbocycles. The number of nitrogens with one attached hydrogen (secondary N) is 2. The van der Waals surface area contributed by atoms with Gasteiger partial charge in [0.25, 0.3) is 0 Å². The molecule has 0 radical (unpaired) electrons. The van der Waals surface area contributed by atoms with Gasteiger partial charge in [-0.2, -0.15) is 0 Å². The lowest BCUT2D eigenvalue weighted by Crippen LogP contribution is -2.24. The van der Waals surface area contributed by atoms with Gasteiger partial charge in [-0.05, 0) is 24.3 Å². The molecule has 0 fully saturated rings. The Labute approximate surface area is 115 Å². The molecule has 2 aromatic rings. The summed E-state index contributed by atoms with van der Waals surface area (Å²) in [5.41, 5.74) is 6.79. The van der Waals surface area contributed by atoms with E-state index in [2.05, 4.69) is 20.5 Å². The lowest BCUT2D eigenvalue weighted by Gasteiger charge is -2.05. The van der Waals surface area contributed by atoms with Crippen LogP contribution in [0.2, 0.25) is 0 Å². The number of amides is 1. The maximum Gasteiger partial charge on any atom is 0.321 e. The third kappa shape index (κ3) is 4.81. The van der Waals surface area contributed by atoms with Crippen LogP contribution in [0.25, 0.3) is 0 Å². The van der Waals surface area contributed by atoms with Crippen molar-refractivity contribution >= 4 is 28.6 Å². The average molecular weight is 272 g/mol. The summed E-state index contributed by atoms with van der Waals surface area (Å²) in [7, 11) is 0. The number of rotatable bonds is 4. The lowest BCUT2D eigenvalue weighted by molar-refractivity contribution is 0.262. The molecule has 2 aromatic carbocycles. The molecule has 5 nitrogen and oxygen atoms in total. The predicted molar refractivity (Wildman–Crippen MR) is 77.1 cm³/mol. The van der Waals surface area contributed by atoms with Gasteiger partial charge in [-0.25, -0.2) is 0 Å². The molecule has 19 heavy (non-hydrogen) atoms. The molecule has 6 heteroatoms. The van der Waals surface area contributed by atoms with Crippen LogP contribution >= 0.6 is 11.9 Å². The SMILES string of the molecule is O=C(NNc1ccccc1)SN=Nc1ccccc1. The Bertz CT molecular complexity index is 545. The van der Waals surface area contributed by atoms with E-state index in [-0.39, 0.29) is 5.24 Å². The fourth-order valence-electron chi connectivity index (χ4n) is 1.27. The molecule has 0 unspecified atom stereocenters. The third-order valence-electron chi connectivity index (χ3n) is 2.12. The zero-order chi connectivity index (χ0) is 13.3. The number of anilines is 1. The summed E-state index contributed by atoms with van der Waals surface area (Å²) in [6.07, 6.45) is 0. The summed E-state index contributed by atoms with van der Waals surface area (Å²) in [6, 6.07) is 18.6. The molecular formula is C13H12N4OS. The van der Waals surface area contributed by atoms with Crippen LogP contribution in [0.5, 0.6) is 0 Å². The van der Waals surface area contributed by atoms with Crippen LogP contribution in [0, 0.1) is 0 Å². The second-order valence-electron chi connectivity index (χ2n) is 3.51. The molecule has 0 aliphatic rings. The van der Waals surface area contributed by atoms with Gasteiger partial charge in [0.2, 0.25) is 0 Å². The second-order valence-corrected chi connectivity index (χ2v) is 4.23. The van der Waals surface area contributed by atoms with Crippen molar-refractivity contribution in [3.8, 4) is 0 Å². The quantitative estimate of drug-likeness (QED) is 0.499. The first-order valence-electron chi connectivity index (χ1n) is 5.59. The van der Waals surface area contributed by atoms with Gasteiger partial charge in [-0.15, -0.1) is 9.63 Å². The number of para-hydroxylation sites is 1. The van der Waals surface area contributed by atoms with E-state index in [0.717, 1.165) is 17.6 Å². The van der Waals surface area contributed by atoms with E-state index >= 15 is 0 Å². The van der Waals surface area contributed by atoms with Crippen LogP contribution in [-0.2, 0) is 0 Å². The van der Waals surface area contributed by atoms with Crippen molar-refractivity contribution < 1.29 is 4.79 Å². The molecule has 0 aliphatic carbocycles. The molecule has 96 valence electrons. The van der Waals surface area contributed by atoms with Gasteiger partial charge in [0.15, 0.2) is 0 Å². The molecule has 2 N–H and O–H groups in total. The van der Waals surface area contributed by atoms with Crippen molar-refractivity contribution in [2.75, 3.05) is 5.43 Å². The highest BCUT2D eigenvalue weighted by molar-refractivity contribution is 8.12. The molecule has 0 spiro atoms. The third-order valence-corrected chi connectivity index (χ3v) is 2.55. The van der Waals surface area contributed by atoms with E-state index in [1.807, 2.05) is 60.7 Å². The van der Waals surface area contributed by atoms with Gasteiger partial charge in [0.05, 0.1) is 23.3 Å². The summed E-state index contributed by atoms with van der Waals surface area (Å²) < 4.78 is 3.74. The minimum absolute atomic E-state index is 0.330. The first kappa shape index (κ1) is 13.1. The standard InChI is InChI=1S/C13H12N4OS/c18-13(16-14-11-7-3-1-4-8-11)19-17-15-12-9-5-2-6-10-12/h1-10,14H,(H,16,18). The number of carbonyl (C=O) groups excluding carboxylic acids is 1. The smallest absolute Gasteiger partial charge is 0.298 e. The Morgan fingerprint density at radius 2 is 1.58 bits per heavy atom. The molecular weight excluding hydrogens is 260 g/mol. The van der Waals surface area contributed by atoms with E-state index in [4.69, 9.17) is 0 Å². The molecule has 2 rings (SSSR count). The van der Waals surface area contributed by atoms with Gasteiger partial charge in [0.1, 0.15) is 0 Å². The van der Waals surface area contributed by atoms with E-state index < -0.39 is 0 Å². The fourth-order valence-corrected chi connectivity index (χ4v) is 1.57. The Balaban J connectivity index is 1.75. The Morgan fingerprint density at radius 3 is 2.26 bits per heavy atom. The van der Waals surface area contributed by atoms with Crippen LogP contribution in [0.15, 0.2) is 70.3 Å². The summed E-state index contributed by atoms with van der Waals surface area (Å²) >= 11 is 0.736. The fraction of sp³-hybridized carbons (Fsp3) is 0. The Morgan fingerprint density at radius 1 is 0.947 bits per heavy atom. The van der Waals surface area contributed by atoms with Crippen LogP contribution in [0.1, 0.15) is 0 Å². The van der Waals surface area contributed by atoms with E-state index in [9.17, 15) is 4.79 Å². The van der Waals surface area contributed by atoms with Crippen LogP contribution in [0.4, 0.5) is 16.2 Å². The molecule has 0 aromatic heterocycles. The number of benzene rings is 2. The number of hydrogen-bond acceptors (Lipinski definition) is 5. The maximum atomic E-state index is 11.4. The lowest BCUT2D eigenvalue weighted by atomic mass is 10.3. The van der Waals surface area contributed by atoms with E-state index in [1.54, 1.807) is 0 Å². The molecule has 1 amide bonds. The minimum atomic E-state index is -0.330. The van der Waals surface area contributed by atoms with Gasteiger partial charge >= 0.3 is 5.24 Å². The van der Waals surface area contributed by atoms with Crippen molar-refractivity contribution in [2.24, 2.45) is 9.63 Å². The summed E-state index contributed by atoms with van der Waals surface area (Å²) in [5.74, 6) is 0. The summed E-state index contributed by atoms with van der Waals surface area (Å²) in [6.45, 7) is 0. The molecule has 0 bridgehead atoms. The second kappa shape index (κ2) is 7.17. The molecule has 0 aliphatic heterocycles. The topological polar surface area (TPSA) is 65.8 Å². The summed E-state index contributed by atoms with van der Waals surface area (Å²) in [4.78, 5) is 11.4. The predicted octanol–water partition coefficient (Wildman–Crippen LogP) is 4.16. The maximum absolute atomic E-state index is 11.4. The zero-order valence-electron chi connectivity index (χ0n) is 9.98. The number of hydrazine groups is 1. The molecule has 0 saturated heterocycles. The van der Waals surface area contributed by atoms with Crippen LogP contribution in [0.3, 0.4) is 0 Å². The molecule has 0 heterocycles. The van der Waals surface area contributed by atoms with Gasteiger partial charge in [0, 0.05) is 0 Å². The number of nitrogens with zero attached hydrogens (tertiary/aromatic N) is 2. The Kier molecular flexibility index (Phi) is 4.95. The highest BCUT2D eigenvalue weighted by atomic mass is 32.2. The molecule has 0 atom stereocenters. The van der Waals surface area contributed by atoms with Gasteiger partial charge in [-0.1, -0.05) is 36.4 Å². The van der Waals surface area contributed by atoms with Crippen LogP contribution < -0.4 is 10.9 Å². The van der Waals surface area contributed by atoms with Crippen molar-refractivity contribution in [1.82, 2.24) is 5.43 Å². The van der Waals surface area contributed by atoms with Crippen molar-refractivity contribution in [3.63, 3.8) is 0 Å². The van der Waals surface area contributed by atoms with Crippen molar-refractivity contribution in [3.05, 3.63) is 60.7 Å². The average Bonchev–Trinajstić information content (AvgIpc) is 2.47. The van der Waals surface area contributed by atoms with E-state index in [0.29, 0.717) is 5.69 Å². The van der Waals surface area contributed by atoms with Crippen molar-refractivity contribution in [2.45, 2.75) is 0 Å². The largest absolute Gasteiger partial charge is 0.321 e. The van der Waals surface area contributed by atoms with Gasteiger partial charge < -0.3 is 0 Å². The first-order chi connectivity index (χ1) is 9.34. The zero-order valence-corrected chi connectivity index (χ0v) is 10.8. The van der Waals surface area contributed by atoms with Crippen LogP contribution in [-0.4, -0.2) is 5.24 Å². The van der Waals surface area contributed by atoms with Gasteiger partial charge in [-0.3, -0.25) is 15.6 Å². The highest BCUT2D eigenvalue weighted by Gasteiger charge is 2.00.